The second-order valence-corrected chi connectivity index (χ2v) is 30.2. The molecule has 0 radical (unpaired) electrons. The highest BCUT2D eigenvalue weighted by atomic mass is 16.3. The minimum Gasteiger partial charge on any atom is -0.508 e. The summed E-state index contributed by atoms with van der Waals surface area (Å²) >= 11 is 0. The molecule has 0 saturated carbocycles. The van der Waals surface area contributed by atoms with Crippen LogP contribution in [0.5, 0.6) is 11.5 Å². The van der Waals surface area contributed by atoms with Crippen LogP contribution in [0.4, 0.5) is 0 Å². The van der Waals surface area contributed by atoms with Gasteiger partial charge in [0.2, 0.25) is 94.5 Å². The summed E-state index contributed by atoms with van der Waals surface area (Å²) in [5.74, 6) is -18.0. The van der Waals surface area contributed by atoms with E-state index in [4.69, 9.17) is 51.0 Å². The number of nitrogens with two attached hydrogens (primary N) is 7. The number of phenolic OH excluding ortho intramolecular Hbond substituents is 2. The monoisotopic (exact) mass is 1750 g/mol. The number of fused-ring (bicyclic) bond motifs is 1. The number of hydrogen-bond acceptors (Lipinski definition) is 24. The van der Waals surface area contributed by atoms with Crippen LogP contribution in [-0.4, -0.2) is 248 Å². The lowest BCUT2D eigenvalue weighted by molar-refractivity contribution is -0.137. The number of benzene rings is 3. The Morgan fingerprint density at radius 3 is 1.34 bits per heavy atom. The summed E-state index contributed by atoms with van der Waals surface area (Å²) in [5.41, 5.74) is 41.9. The van der Waals surface area contributed by atoms with E-state index in [1.165, 1.54) is 81.8 Å². The van der Waals surface area contributed by atoms with Crippen LogP contribution in [-0.2, 0) is 102 Å². The Kier molecular flexibility index (Phi) is 41.4. The lowest BCUT2D eigenvalue weighted by Gasteiger charge is -2.28. The second-order valence-electron chi connectivity index (χ2n) is 30.2. The lowest BCUT2D eigenvalue weighted by atomic mass is 10.0. The van der Waals surface area contributed by atoms with Crippen molar-refractivity contribution >= 4 is 117 Å². The summed E-state index contributed by atoms with van der Waals surface area (Å²) < 4.78 is 0. The number of carbonyl (C=O) groups is 16. The van der Waals surface area contributed by atoms with E-state index < -0.39 is 229 Å². The molecule has 0 aliphatic carbocycles. The molecule has 5 rings (SSSR count). The summed E-state index contributed by atoms with van der Waals surface area (Å²) in [4.78, 5) is 232. The maximum absolute atomic E-state index is 15.1. The van der Waals surface area contributed by atoms with Crippen molar-refractivity contribution < 1.29 is 92.0 Å². The third-order valence-electron chi connectivity index (χ3n) is 19.6. The maximum Gasteiger partial charge on any atom is 0.243 e. The number of amides is 16. The van der Waals surface area contributed by atoms with Crippen molar-refractivity contribution in [3.8, 4) is 11.5 Å². The summed E-state index contributed by atoms with van der Waals surface area (Å²) in [7, 11) is 0. The van der Waals surface area contributed by atoms with E-state index in [9.17, 15) is 82.4 Å². The second kappa shape index (κ2) is 51.0. The van der Waals surface area contributed by atoms with Gasteiger partial charge in [-0.15, -0.1) is 0 Å². The number of carbonyl (C=O) groups excluding carboxylic acids is 16. The number of aromatic nitrogens is 3. The van der Waals surface area contributed by atoms with Gasteiger partial charge in [-0.1, -0.05) is 56.3 Å². The van der Waals surface area contributed by atoms with Crippen molar-refractivity contribution in [2.45, 2.75) is 209 Å². The Morgan fingerprint density at radius 1 is 0.440 bits per heavy atom. The van der Waals surface area contributed by atoms with Crippen molar-refractivity contribution in [3.05, 3.63) is 114 Å². The number of phenols is 2. The van der Waals surface area contributed by atoms with E-state index in [-0.39, 0.29) is 107 Å². The van der Waals surface area contributed by atoms with Crippen molar-refractivity contribution in [3.63, 3.8) is 0 Å². The Hall–Kier alpha value is -14.1. The molecule has 2 aromatic heterocycles. The first kappa shape index (κ1) is 102. The molecule has 0 bridgehead atoms. The predicted octanol–water partition coefficient (Wildman–Crippen LogP) is -7.81. The molecular weight excluding hydrogens is 1630 g/mol. The van der Waals surface area contributed by atoms with Gasteiger partial charge in [0, 0.05) is 68.5 Å². The number of hydrogen-bond donors (Lipinski definition) is 29. The number of unbranched alkanes of at least 4 members (excludes halogenated alkanes) is 1. The SMILES string of the molecule is CC(NC(=O)CNC(=O)C(C)NC(=O)C(NC(=O)C(N)C(C)O)C(C)C)C(=O)NC(CCCNC(=N)N)C(=O)NC(CCCCN)C(=O)NC(CC(N)=O)C(=O)NC(CCC(N)=O)C(=O)NC(Cc1ccc(O)cc1)C(=O)NC(CCCNC(=N)N)C(=O)NC(Cc1c[nH]cn1)C(=O)NC(Cc1ccc(O)cc1)C(=O)NC(Cc1c[nH]c2ccccc12)C(N)=O. The molecule has 3 aromatic carbocycles. The molecule has 2 heterocycles. The highest BCUT2D eigenvalue weighted by Crippen LogP contribution is 2.21. The van der Waals surface area contributed by atoms with Crippen molar-refractivity contribution in [2.75, 3.05) is 26.2 Å². The normalized spacial score (nSPS) is 14.4. The van der Waals surface area contributed by atoms with Crippen LogP contribution >= 0.6 is 0 Å². The van der Waals surface area contributed by atoms with Gasteiger partial charge in [0.25, 0.3) is 0 Å². The van der Waals surface area contributed by atoms with Crippen LogP contribution in [0.2, 0.25) is 0 Å². The fourth-order valence-corrected chi connectivity index (χ4v) is 12.6. The molecule has 46 nitrogen and oxygen atoms in total. The highest BCUT2D eigenvalue weighted by molar-refractivity contribution is 6.01. The van der Waals surface area contributed by atoms with Crippen LogP contribution < -0.4 is 120 Å². The fraction of sp³-hybridized carbons (Fsp3) is 0.481. The molecule has 0 fully saturated rings. The first-order valence-electron chi connectivity index (χ1n) is 40.3. The van der Waals surface area contributed by atoms with Crippen LogP contribution in [0, 0.1) is 16.7 Å². The molecule has 46 heteroatoms. The Morgan fingerprint density at radius 2 is 0.880 bits per heavy atom. The molecule has 5 aromatic rings. The molecule has 0 spiro atoms. The first-order valence-corrected chi connectivity index (χ1v) is 40.3. The number of imidazole rings is 1. The van der Waals surface area contributed by atoms with Gasteiger partial charge in [-0.2, -0.15) is 0 Å². The van der Waals surface area contributed by atoms with Crippen LogP contribution in [0.15, 0.2) is 91.5 Å². The molecule has 14 atom stereocenters. The largest absolute Gasteiger partial charge is 0.508 e. The molecule has 14 unspecified atom stereocenters. The standard InChI is InChI=1S/C79H117N27O19/c1-39(2)64(106-76(124)63(83)42(5)107)77(125)96-40(3)66(114)93-37-62(112)95-41(4)67(115)97-52(15-10-28-90-78(85)86)68(116)98-51(14-8-9-27-80)69(117)105-59(34-61(82)111)75(123)100-54(25-26-60(81)110)71(119)102-56(30-43-17-21-47(108)22-18-43)72(120)99-53(16-11-29-91-79(87)88)70(118)104-58(33-46-36-89-38-94-46)74(122)103-57(31-44-19-23-48(109)24-20-44)73(121)101-55(65(84)113)32-45-35-92-50-13-7-6-12-49(45)50/h6-7,12-13,17-24,35-36,38-42,51-59,63-64,92,107-109H,8-11,14-16,25-34,37,80,83H2,1-5H3,(H2,81,110)(H2,82,111)(H2,84,113)(H,89,94)(H,93,114)(H,95,112)(H,96,125)(H,97,115)(H,98,116)(H,99,120)(H,100,123)(H,101,121)(H,102,119)(H,103,122)(H,104,118)(H,105,117)(H,106,124)(H4,85,86,90)(H4,87,88,91). The minimum absolute atomic E-state index is 0.0182. The number of aromatic hydroxyl groups is 2. The van der Waals surface area contributed by atoms with Gasteiger partial charge in [0.1, 0.15) is 90.0 Å². The van der Waals surface area contributed by atoms with Gasteiger partial charge in [-0.05, 0) is 132 Å². The van der Waals surface area contributed by atoms with Gasteiger partial charge < -0.3 is 145 Å². The van der Waals surface area contributed by atoms with Gasteiger partial charge in [0.05, 0.1) is 31.1 Å². The summed E-state index contributed by atoms with van der Waals surface area (Å²) in [5, 5.41) is 83.9. The van der Waals surface area contributed by atoms with Gasteiger partial charge >= 0.3 is 0 Å². The first-order chi connectivity index (χ1) is 59.1. The van der Waals surface area contributed by atoms with E-state index in [1.54, 1.807) is 38.2 Å². The molecule has 0 aliphatic heterocycles. The average molecular weight is 1750 g/mol. The average Bonchev–Trinajstić information content (AvgIpc) is 1.80. The zero-order valence-electron chi connectivity index (χ0n) is 69.9. The van der Waals surface area contributed by atoms with Crippen molar-refractivity contribution in [2.24, 2.45) is 46.1 Å². The number of aliphatic hydroxyl groups is 1. The Bertz CT molecular complexity index is 4550. The Labute approximate surface area is 718 Å². The number of nitrogens with one attached hydrogen (secondary N) is 19. The van der Waals surface area contributed by atoms with Crippen molar-refractivity contribution in [1.82, 2.24) is 94.7 Å². The smallest absolute Gasteiger partial charge is 0.243 e. The molecular formula is C79H117N27O19. The number of aromatic amines is 2. The number of primary amides is 3. The number of guanidine groups is 2. The van der Waals surface area contributed by atoms with Gasteiger partial charge in [-0.25, -0.2) is 4.98 Å². The van der Waals surface area contributed by atoms with Gasteiger partial charge in [-0.3, -0.25) is 87.5 Å². The number of nitrogens with zero attached hydrogens (tertiary/aromatic N) is 1. The fourth-order valence-electron chi connectivity index (χ4n) is 12.6. The van der Waals surface area contributed by atoms with E-state index in [1.807, 2.05) is 6.07 Å². The molecule has 36 N–H and O–H groups in total. The summed E-state index contributed by atoms with van der Waals surface area (Å²) in [6, 6.07) is -2.10. The number of para-hydroxylation sites is 1. The molecule has 16 amide bonds. The molecule has 0 saturated heterocycles. The van der Waals surface area contributed by atoms with E-state index in [2.05, 4.69) is 94.7 Å². The quantitative estimate of drug-likeness (QED) is 0.00977. The zero-order valence-corrected chi connectivity index (χ0v) is 69.9. The number of rotatable bonds is 54. The van der Waals surface area contributed by atoms with Gasteiger partial charge in [0.15, 0.2) is 11.9 Å². The topological polar surface area (TPSA) is 789 Å². The molecule has 125 heavy (non-hydrogen) atoms. The Balaban J connectivity index is 1.40. The maximum atomic E-state index is 15.1. The highest BCUT2D eigenvalue weighted by Gasteiger charge is 2.38. The number of H-pyrrole nitrogens is 2. The minimum atomic E-state index is -2.00. The van der Waals surface area contributed by atoms with E-state index in [0.29, 0.717) is 11.1 Å². The lowest BCUT2D eigenvalue weighted by Crippen LogP contribution is -2.61. The third kappa shape index (κ3) is 35.5. The number of aliphatic hydroxyl groups excluding tert-OH is 1. The van der Waals surface area contributed by atoms with E-state index >= 15 is 9.59 Å². The molecule has 682 valence electrons. The summed E-state index contributed by atoms with van der Waals surface area (Å²) in [6.45, 7) is 6.29. The third-order valence-corrected chi connectivity index (χ3v) is 19.6. The summed E-state index contributed by atoms with van der Waals surface area (Å²) in [6.07, 6.45) is -0.617. The van der Waals surface area contributed by atoms with E-state index in [0.717, 1.165) is 10.9 Å². The predicted molar refractivity (Wildman–Crippen MR) is 453 cm³/mol. The molecule has 0 aliphatic rings. The van der Waals surface area contributed by atoms with Crippen LogP contribution in [0.1, 0.15) is 121 Å². The van der Waals surface area contributed by atoms with Crippen molar-refractivity contribution in [1.29, 1.82) is 10.8 Å². The van der Waals surface area contributed by atoms with Crippen LogP contribution in [0.25, 0.3) is 10.9 Å². The zero-order chi connectivity index (χ0) is 92.7. The van der Waals surface area contributed by atoms with Crippen LogP contribution in [0.3, 0.4) is 0 Å².